The molecule has 1 atom stereocenters. The molecule has 0 aliphatic carbocycles. The summed E-state index contributed by atoms with van der Waals surface area (Å²) in [5.74, 6) is 0.564. The summed E-state index contributed by atoms with van der Waals surface area (Å²) >= 11 is 3.03. The number of hydrogen-bond donors (Lipinski definition) is 2. The molecule has 0 spiro atoms. The van der Waals surface area contributed by atoms with Crippen LogP contribution in [0.1, 0.15) is 46.9 Å². The van der Waals surface area contributed by atoms with Crippen molar-refractivity contribution in [3.63, 3.8) is 0 Å². The minimum absolute atomic E-state index is 0.0684. The number of piperidine rings is 1. The lowest BCUT2D eigenvalue weighted by Crippen LogP contribution is -2.42. The molecule has 2 amide bonds. The van der Waals surface area contributed by atoms with Gasteiger partial charge in [0.05, 0.1) is 24.4 Å². The van der Waals surface area contributed by atoms with E-state index < -0.39 is 0 Å². The number of nitrogens with zero attached hydrogens (tertiary/aromatic N) is 2. The second-order valence-corrected chi connectivity index (χ2v) is 9.64. The lowest BCUT2D eigenvalue weighted by atomic mass is 9.97. The fourth-order valence-corrected chi connectivity index (χ4v) is 5.25. The van der Waals surface area contributed by atoms with E-state index in [1.807, 2.05) is 0 Å². The molecule has 0 bridgehead atoms. The third-order valence-corrected chi connectivity index (χ3v) is 7.26. The van der Waals surface area contributed by atoms with E-state index in [9.17, 15) is 9.59 Å². The second kappa shape index (κ2) is 10.2. The minimum Gasteiger partial charge on any atom is -0.459 e. The number of thiazole rings is 1. The molecule has 4 heterocycles. The Balaban J connectivity index is 1.30. The largest absolute Gasteiger partial charge is 0.459 e. The predicted molar refractivity (Wildman–Crippen MR) is 123 cm³/mol. The summed E-state index contributed by atoms with van der Waals surface area (Å²) in [7, 11) is 0. The lowest BCUT2D eigenvalue weighted by molar-refractivity contribution is -0.120. The van der Waals surface area contributed by atoms with Crippen LogP contribution in [0.15, 0.2) is 45.7 Å². The summed E-state index contributed by atoms with van der Waals surface area (Å²) < 4.78 is 5.08. The lowest BCUT2D eigenvalue weighted by Gasteiger charge is -2.36. The number of carbonyl (C=O) groups is 2. The molecule has 4 rings (SSSR count). The molecular formula is C22H26N4O3S2. The van der Waals surface area contributed by atoms with E-state index in [4.69, 9.17) is 4.42 Å². The van der Waals surface area contributed by atoms with Crippen molar-refractivity contribution in [1.82, 2.24) is 15.2 Å². The molecular weight excluding hydrogens is 432 g/mol. The van der Waals surface area contributed by atoms with Crippen molar-refractivity contribution in [3.05, 3.63) is 57.6 Å². The first-order chi connectivity index (χ1) is 15.1. The number of carbonyl (C=O) groups excluding carboxylic acids is 2. The van der Waals surface area contributed by atoms with Gasteiger partial charge in [0.15, 0.2) is 10.9 Å². The first kappa shape index (κ1) is 21.7. The highest BCUT2D eigenvalue weighted by Gasteiger charge is 2.25. The zero-order chi connectivity index (χ0) is 21.6. The number of rotatable bonds is 8. The average Bonchev–Trinajstić information content (AvgIpc) is 3.53. The summed E-state index contributed by atoms with van der Waals surface area (Å²) in [6.07, 6.45) is 4.02. The Morgan fingerprint density at radius 3 is 2.81 bits per heavy atom. The monoisotopic (exact) mass is 458 g/mol. The molecule has 1 fully saturated rings. The van der Waals surface area contributed by atoms with Crippen LogP contribution in [-0.2, 0) is 11.2 Å². The van der Waals surface area contributed by atoms with E-state index in [1.54, 1.807) is 28.8 Å². The molecule has 1 saturated heterocycles. The Hall–Kier alpha value is -2.49. The van der Waals surface area contributed by atoms with Crippen molar-refractivity contribution in [2.24, 2.45) is 5.92 Å². The van der Waals surface area contributed by atoms with Crippen LogP contribution >= 0.6 is 22.7 Å². The summed E-state index contributed by atoms with van der Waals surface area (Å²) in [6, 6.07) is 7.66. The standard InChI is InChI=1S/C22H26N4O3S2/c1-15-6-8-26(9-7-15)17(19-5-3-11-30-19)13-23-20(27)12-16-14-31-22(24-16)25-21(28)18-4-2-10-29-18/h2-5,10-11,14-15,17H,6-9,12-13H2,1H3,(H,23,27)(H,24,25,28). The van der Waals surface area contributed by atoms with Gasteiger partial charge in [-0.3, -0.25) is 19.8 Å². The molecule has 3 aromatic heterocycles. The zero-order valence-corrected chi connectivity index (χ0v) is 19.0. The van der Waals surface area contributed by atoms with Crippen LogP contribution in [0.4, 0.5) is 5.13 Å². The van der Waals surface area contributed by atoms with Crippen molar-refractivity contribution < 1.29 is 14.0 Å². The molecule has 1 aliphatic heterocycles. The summed E-state index contributed by atoms with van der Waals surface area (Å²) in [5, 5.41) is 10.1. The molecule has 2 N–H and O–H groups in total. The molecule has 164 valence electrons. The van der Waals surface area contributed by atoms with Crippen molar-refractivity contribution in [2.45, 2.75) is 32.2 Å². The van der Waals surface area contributed by atoms with Crippen LogP contribution in [0.3, 0.4) is 0 Å². The maximum Gasteiger partial charge on any atom is 0.293 e. The molecule has 31 heavy (non-hydrogen) atoms. The second-order valence-electron chi connectivity index (χ2n) is 7.81. The number of amides is 2. The van der Waals surface area contributed by atoms with Crippen molar-refractivity contribution >= 4 is 39.6 Å². The van der Waals surface area contributed by atoms with Crippen LogP contribution in [0.2, 0.25) is 0 Å². The zero-order valence-electron chi connectivity index (χ0n) is 17.4. The summed E-state index contributed by atoms with van der Waals surface area (Å²) in [5.41, 5.74) is 0.636. The highest BCUT2D eigenvalue weighted by atomic mass is 32.1. The number of hydrogen-bond acceptors (Lipinski definition) is 7. The molecule has 0 saturated carbocycles. The third-order valence-electron chi connectivity index (χ3n) is 5.48. The topological polar surface area (TPSA) is 87.5 Å². The Morgan fingerprint density at radius 1 is 1.26 bits per heavy atom. The smallest absolute Gasteiger partial charge is 0.293 e. The number of likely N-dealkylation sites (tertiary alicyclic amines) is 1. The fraction of sp³-hybridized carbons (Fsp3) is 0.409. The quantitative estimate of drug-likeness (QED) is 0.529. The highest BCUT2D eigenvalue weighted by molar-refractivity contribution is 7.14. The molecule has 1 aliphatic rings. The van der Waals surface area contributed by atoms with Crippen LogP contribution in [0.25, 0.3) is 0 Å². The average molecular weight is 459 g/mol. The van der Waals surface area contributed by atoms with Gasteiger partial charge in [-0.15, -0.1) is 22.7 Å². The first-order valence-electron chi connectivity index (χ1n) is 10.4. The minimum atomic E-state index is -0.356. The van der Waals surface area contributed by atoms with Gasteiger partial charge in [-0.2, -0.15) is 0 Å². The van der Waals surface area contributed by atoms with Gasteiger partial charge in [-0.25, -0.2) is 4.98 Å². The molecule has 3 aromatic rings. The van der Waals surface area contributed by atoms with Gasteiger partial charge in [-0.05, 0) is 55.4 Å². The van der Waals surface area contributed by atoms with E-state index in [1.165, 1.54) is 35.3 Å². The van der Waals surface area contributed by atoms with Gasteiger partial charge < -0.3 is 9.73 Å². The predicted octanol–water partition coefficient (Wildman–Crippen LogP) is 4.18. The maximum absolute atomic E-state index is 12.6. The van der Waals surface area contributed by atoms with Gasteiger partial charge in [0, 0.05) is 16.8 Å². The van der Waals surface area contributed by atoms with Gasteiger partial charge in [0.25, 0.3) is 5.91 Å². The van der Waals surface area contributed by atoms with Gasteiger partial charge in [0.2, 0.25) is 5.91 Å². The summed E-state index contributed by atoms with van der Waals surface area (Å²) in [6.45, 7) is 5.01. The van der Waals surface area contributed by atoms with Crippen molar-refractivity contribution in [1.29, 1.82) is 0 Å². The van der Waals surface area contributed by atoms with Crippen LogP contribution < -0.4 is 10.6 Å². The van der Waals surface area contributed by atoms with E-state index >= 15 is 0 Å². The summed E-state index contributed by atoms with van der Waals surface area (Å²) in [4.78, 5) is 32.7. The number of furan rings is 1. The van der Waals surface area contributed by atoms with Crippen molar-refractivity contribution in [2.75, 3.05) is 25.0 Å². The molecule has 0 aromatic carbocycles. The molecule has 7 nitrogen and oxygen atoms in total. The SMILES string of the molecule is CC1CCN(C(CNC(=O)Cc2csc(NC(=O)c3ccco3)n2)c2cccs2)CC1. The van der Waals surface area contributed by atoms with Gasteiger partial charge in [0.1, 0.15) is 0 Å². The molecule has 1 unspecified atom stereocenters. The van der Waals surface area contributed by atoms with Gasteiger partial charge >= 0.3 is 0 Å². The fourth-order valence-electron chi connectivity index (χ4n) is 3.68. The number of anilines is 1. The Morgan fingerprint density at radius 2 is 2.10 bits per heavy atom. The number of aromatic nitrogens is 1. The number of nitrogens with one attached hydrogen (secondary N) is 2. The Labute approximate surface area is 189 Å². The van der Waals surface area contributed by atoms with Crippen molar-refractivity contribution in [3.8, 4) is 0 Å². The van der Waals surface area contributed by atoms with Crippen LogP contribution in [0.5, 0.6) is 0 Å². The van der Waals surface area contributed by atoms with E-state index in [-0.39, 0.29) is 30.0 Å². The van der Waals surface area contributed by atoms with Crippen LogP contribution in [0, 0.1) is 5.92 Å². The Kier molecular flexibility index (Phi) is 7.16. The third kappa shape index (κ3) is 5.81. The normalized spacial score (nSPS) is 16.2. The van der Waals surface area contributed by atoms with E-state index in [0.29, 0.717) is 17.4 Å². The number of thiophene rings is 1. The van der Waals surface area contributed by atoms with Crippen LogP contribution in [-0.4, -0.2) is 41.3 Å². The molecule has 0 radical (unpaired) electrons. The first-order valence-corrected chi connectivity index (χ1v) is 12.2. The molecule has 9 heteroatoms. The Bertz CT molecular complexity index is 977. The van der Waals surface area contributed by atoms with E-state index in [0.717, 1.165) is 19.0 Å². The van der Waals surface area contributed by atoms with Gasteiger partial charge in [-0.1, -0.05) is 13.0 Å². The maximum atomic E-state index is 12.6. The highest BCUT2D eigenvalue weighted by Crippen LogP contribution is 2.29. The van der Waals surface area contributed by atoms with E-state index in [2.05, 4.69) is 45.0 Å².